The number of benzene rings is 1. The molecular formula is C14H19BrN2O4. The molecule has 6 nitrogen and oxygen atoms in total. The zero-order valence-corrected chi connectivity index (χ0v) is 13.7. The van der Waals surface area contributed by atoms with E-state index in [2.05, 4.69) is 33.5 Å². The van der Waals surface area contributed by atoms with Crippen LogP contribution >= 0.6 is 15.9 Å². The van der Waals surface area contributed by atoms with Crippen LogP contribution in [0.25, 0.3) is 0 Å². The van der Waals surface area contributed by atoms with Gasteiger partial charge in [0.15, 0.2) is 17.6 Å². The monoisotopic (exact) mass is 358 g/mol. The van der Waals surface area contributed by atoms with Gasteiger partial charge in [0, 0.05) is 6.54 Å². The van der Waals surface area contributed by atoms with Gasteiger partial charge in [-0.3, -0.25) is 0 Å². The number of carbonyl (C=O) groups excluding carboxylic acids is 1. The van der Waals surface area contributed by atoms with Gasteiger partial charge in [0.1, 0.15) is 6.61 Å². The third-order valence-corrected chi connectivity index (χ3v) is 3.62. The maximum atomic E-state index is 11.0. The number of carbonyl (C=O) groups is 1. The number of methoxy groups -OCH3 is 1. The Balaban J connectivity index is 2.05. The van der Waals surface area contributed by atoms with Crippen molar-refractivity contribution < 1.29 is 19.0 Å². The van der Waals surface area contributed by atoms with Gasteiger partial charge in [-0.2, -0.15) is 0 Å². The maximum Gasteiger partial charge on any atom is 0.407 e. The van der Waals surface area contributed by atoms with Crippen molar-refractivity contribution in [1.82, 2.24) is 10.6 Å². The first-order valence-electron chi connectivity index (χ1n) is 6.78. The maximum absolute atomic E-state index is 11.0. The summed E-state index contributed by atoms with van der Waals surface area (Å²) in [6.07, 6.45) is -0.689. The number of alkyl carbamates (subject to hydrolysis) is 1. The van der Waals surface area contributed by atoms with Crippen LogP contribution < -0.4 is 20.1 Å². The van der Waals surface area contributed by atoms with E-state index < -0.39 is 6.09 Å². The molecule has 0 aliphatic carbocycles. The Morgan fingerprint density at radius 1 is 1.52 bits per heavy atom. The number of amides is 1. The third kappa shape index (κ3) is 4.25. The molecule has 21 heavy (non-hydrogen) atoms. The van der Waals surface area contributed by atoms with Crippen LogP contribution in [0, 0.1) is 0 Å². The lowest BCUT2D eigenvalue weighted by Gasteiger charge is -2.16. The average Bonchev–Trinajstić information content (AvgIpc) is 2.89. The number of nitrogens with one attached hydrogen (secondary N) is 2. The lowest BCUT2D eigenvalue weighted by molar-refractivity contribution is 0.103. The lowest BCUT2D eigenvalue weighted by Crippen LogP contribution is -2.22. The summed E-state index contributed by atoms with van der Waals surface area (Å²) in [6, 6.07) is 3.92. The van der Waals surface area contributed by atoms with Crippen molar-refractivity contribution in [3.8, 4) is 11.5 Å². The Kier molecular flexibility index (Phi) is 5.69. The molecule has 0 spiro atoms. The number of ether oxygens (including phenoxy) is 3. The number of cyclic esters (lactones) is 1. The van der Waals surface area contributed by atoms with E-state index in [1.807, 2.05) is 12.1 Å². The SMILES string of the molecule is CCNCc1cc(Br)c(OCC2CNC(=O)O2)c(OC)c1. The number of hydrogen-bond acceptors (Lipinski definition) is 5. The number of halogens is 1. The minimum Gasteiger partial charge on any atom is -0.493 e. The zero-order chi connectivity index (χ0) is 15.2. The molecule has 0 saturated carbocycles. The van der Waals surface area contributed by atoms with Crippen molar-refractivity contribution in [2.24, 2.45) is 0 Å². The first-order valence-corrected chi connectivity index (χ1v) is 7.57. The van der Waals surface area contributed by atoms with Crippen LogP contribution in [-0.2, 0) is 11.3 Å². The Labute approximate surface area is 132 Å². The standard InChI is InChI=1S/C14H19BrN2O4/c1-3-16-6-9-4-11(15)13(12(5-9)19-2)20-8-10-7-17-14(18)21-10/h4-5,10,16H,3,6-8H2,1-2H3,(H,17,18). The van der Waals surface area contributed by atoms with Gasteiger partial charge in [-0.15, -0.1) is 0 Å². The molecule has 2 rings (SSSR count). The zero-order valence-electron chi connectivity index (χ0n) is 12.1. The van der Waals surface area contributed by atoms with Gasteiger partial charge in [-0.05, 0) is 40.2 Å². The molecule has 7 heteroatoms. The van der Waals surface area contributed by atoms with Crippen LogP contribution in [0.15, 0.2) is 16.6 Å². The van der Waals surface area contributed by atoms with E-state index in [4.69, 9.17) is 14.2 Å². The molecule has 116 valence electrons. The van der Waals surface area contributed by atoms with Gasteiger partial charge in [0.05, 0.1) is 18.1 Å². The van der Waals surface area contributed by atoms with Crippen LogP contribution in [0.4, 0.5) is 4.79 Å². The van der Waals surface area contributed by atoms with Gasteiger partial charge in [-0.1, -0.05) is 6.92 Å². The summed E-state index contributed by atoms with van der Waals surface area (Å²) in [4.78, 5) is 11.0. The molecule has 1 fully saturated rings. The summed E-state index contributed by atoms with van der Waals surface area (Å²) in [5.41, 5.74) is 1.10. The second kappa shape index (κ2) is 7.51. The topological polar surface area (TPSA) is 68.8 Å². The highest BCUT2D eigenvalue weighted by molar-refractivity contribution is 9.10. The highest BCUT2D eigenvalue weighted by Crippen LogP contribution is 2.36. The normalized spacial score (nSPS) is 17.3. The summed E-state index contributed by atoms with van der Waals surface area (Å²) in [5, 5.41) is 5.85. The fraction of sp³-hybridized carbons (Fsp3) is 0.500. The predicted octanol–water partition coefficient (Wildman–Crippen LogP) is 2.05. The molecule has 2 N–H and O–H groups in total. The Morgan fingerprint density at radius 3 is 2.95 bits per heavy atom. The molecule has 0 aromatic heterocycles. The molecule has 1 atom stereocenters. The third-order valence-electron chi connectivity index (χ3n) is 3.03. The summed E-state index contributed by atoms with van der Waals surface area (Å²) in [6.45, 7) is 4.45. The highest BCUT2D eigenvalue weighted by atomic mass is 79.9. The van der Waals surface area contributed by atoms with Crippen molar-refractivity contribution in [3.05, 3.63) is 22.2 Å². The largest absolute Gasteiger partial charge is 0.493 e. The molecule has 1 aliphatic heterocycles. The van der Waals surface area contributed by atoms with Crippen molar-refractivity contribution in [1.29, 1.82) is 0 Å². The molecule has 1 saturated heterocycles. The quantitative estimate of drug-likeness (QED) is 0.780. The number of hydrogen-bond donors (Lipinski definition) is 2. The number of rotatable bonds is 7. The molecule has 0 bridgehead atoms. The summed E-state index contributed by atoms with van der Waals surface area (Å²) in [5.74, 6) is 1.26. The van der Waals surface area contributed by atoms with Crippen LogP contribution in [0.2, 0.25) is 0 Å². The van der Waals surface area contributed by atoms with E-state index in [-0.39, 0.29) is 12.7 Å². The van der Waals surface area contributed by atoms with E-state index in [0.717, 1.165) is 23.1 Å². The first-order chi connectivity index (χ1) is 10.1. The van der Waals surface area contributed by atoms with Gasteiger partial charge >= 0.3 is 6.09 Å². The van der Waals surface area contributed by atoms with Gasteiger partial charge < -0.3 is 24.8 Å². The van der Waals surface area contributed by atoms with E-state index >= 15 is 0 Å². The van der Waals surface area contributed by atoms with Crippen molar-refractivity contribution >= 4 is 22.0 Å². The second-order valence-corrected chi connectivity index (χ2v) is 5.46. The van der Waals surface area contributed by atoms with Crippen LogP contribution in [0.1, 0.15) is 12.5 Å². The van der Waals surface area contributed by atoms with Crippen molar-refractivity contribution in [2.45, 2.75) is 19.6 Å². The molecule has 1 amide bonds. The minimum atomic E-state index is -0.407. The fourth-order valence-corrected chi connectivity index (χ4v) is 2.59. The summed E-state index contributed by atoms with van der Waals surface area (Å²) < 4.78 is 17.0. The molecule has 0 radical (unpaired) electrons. The Bertz CT molecular complexity index is 510. The van der Waals surface area contributed by atoms with E-state index in [1.165, 1.54) is 0 Å². The van der Waals surface area contributed by atoms with E-state index in [9.17, 15) is 4.79 Å². The first kappa shape index (κ1) is 15.9. The average molecular weight is 359 g/mol. The Hall–Kier alpha value is -1.47. The van der Waals surface area contributed by atoms with Crippen molar-refractivity contribution in [2.75, 3.05) is 26.8 Å². The molecule has 1 aromatic carbocycles. The highest BCUT2D eigenvalue weighted by Gasteiger charge is 2.24. The smallest absolute Gasteiger partial charge is 0.407 e. The second-order valence-electron chi connectivity index (χ2n) is 4.61. The van der Waals surface area contributed by atoms with Crippen LogP contribution in [0.3, 0.4) is 0 Å². The van der Waals surface area contributed by atoms with Gasteiger partial charge in [0.25, 0.3) is 0 Å². The van der Waals surface area contributed by atoms with Crippen molar-refractivity contribution in [3.63, 3.8) is 0 Å². The summed E-state index contributed by atoms with van der Waals surface area (Å²) in [7, 11) is 1.60. The lowest BCUT2D eigenvalue weighted by atomic mass is 10.2. The van der Waals surface area contributed by atoms with Crippen LogP contribution in [0.5, 0.6) is 11.5 Å². The minimum absolute atomic E-state index is 0.278. The predicted molar refractivity (Wildman–Crippen MR) is 81.8 cm³/mol. The molecule has 1 aromatic rings. The van der Waals surface area contributed by atoms with E-state index in [1.54, 1.807) is 7.11 Å². The molecule has 1 unspecified atom stereocenters. The van der Waals surface area contributed by atoms with E-state index in [0.29, 0.717) is 18.0 Å². The fourth-order valence-electron chi connectivity index (χ4n) is 1.99. The van der Waals surface area contributed by atoms with Gasteiger partial charge in [0.2, 0.25) is 0 Å². The molecular weight excluding hydrogens is 340 g/mol. The summed E-state index contributed by atoms with van der Waals surface area (Å²) >= 11 is 3.50. The Morgan fingerprint density at radius 2 is 2.33 bits per heavy atom. The molecule has 1 aliphatic rings. The molecule has 1 heterocycles. The van der Waals surface area contributed by atoms with Crippen LogP contribution in [-0.4, -0.2) is 39.0 Å². The van der Waals surface area contributed by atoms with Gasteiger partial charge in [-0.25, -0.2) is 4.79 Å².